The smallest absolute Gasteiger partial charge is 0.134 e. The minimum absolute atomic E-state index is 0.333. The van der Waals surface area contributed by atoms with Crippen molar-refractivity contribution in [1.29, 1.82) is 0 Å². The molecular formula is C14H15ClO3S. The number of halogens is 1. The van der Waals surface area contributed by atoms with Gasteiger partial charge in [0, 0.05) is 5.56 Å². The molecule has 0 amide bonds. The highest BCUT2D eigenvalue weighted by Crippen LogP contribution is 2.43. The molecule has 0 aliphatic carbocycles. The zero-order chi connectivity index (χ0) is 13.8. The lowest BCUT2D eigenvalue weighted by molar-refractivity contribution is 0.397. The third-order valence-electron chi connectivity index (χ3n) is 2.82. The molecule has 2 rings (SSSR count). The van der Waals surface area contributed by atoms with Gasteiger partial charge in [-0.1, -0.05) is 0 Å². The molecule has 0 N–H and O–H groups in total. The first kappa shape index (κ1) is 14.0. The van der Waals surface area contributed by atoms with Crippen molar-refractivity contribution in [2.75, 3.05) is 21.3 Å². The van der Waals surface area contributed by atoms with Gasteiger partial charge in [-0.3, -0.25) is 0 Å². The standard InChI is InChI=1S/C14H15ClO3S/c1-16-9-4-5-11(17-2)10(8-9)13(15)14-12(18-3)6-7-19-14/h4-8,13H,1-3H3. The molecule has 0 fully saturated rings. The molecule has 3 nitrogen and oxygen atoms in total. The zero-order valence-corrected chi connectivity index (χ0v) is 12.5. The monoisotopic (exact) mass is 298 g/mol. The number of ether oxygens (including phenoxy) is 3. The summed E-state index contributed by atoms with van der Waals surface area (Å²) in [5.41, 5.74) is 0.865. The van der Waals surface area contributed by atoms with Crippen LogP contribution in [0.3, 0.4) is 0 Å². The maximum Gasteiger partial charge on any atom is 0.134 e. The van der Waals surface area contributed by atoms with Gasteiger partial charge in [-0.2, -0.15) is 0 Å². The highest BCUT2D eigenvalue weighted by atomic mass is 35.5. The van der Waals surface area contributed by atoms with Crippen molar-refractivity contribution in [2.24, 2.45) is 0 Å². The van der Waals surface area contributed by atoms with Gasteiger partial charge in [0.1, 0.15) is 22.6 Å². The summed E-state index contributed by atoms with van der Waals surface area (Å²) in [5, 5.41) is 1.62. The van der Waals surface area contributed by atoms with Gasteiger partial charge in [-0.05, 0) is 29.6 Å². The third-order valence-corrected chi connectivity index (χ3v) is 4.36. The van der Waals surface area contributed by atoms with E-state index in [4.69, 9.17) is 25.8 Å². The molecule has 0 aliphatic rings. The highest BCUT2D eigenvalue weighted by molar-refractivity contribution is 7.10. The lowest BCUT2D eigenvalue weighted by Crippen LogP contribution is -1.98. The van der Waals surface area contributed by atoms with Gasteiger partial charge in [0.25, 0.3) is 0 Å². The minimum Gasteiger partial charge on any atom is -0.497 e. The molecule has 1 aromatic heterocycles. The Hall–Kier alpha value is -1.39. The summed E-state index contributed by atoms with van der Waals surface area (Å²) >= 11 is 8.12. The fourth-order valence-corrected chi connectivity index (χ4v) is 3.13. The van der Waals surface area contributed by atoms with Crippen LogP contribution in [0.15, 0.2) is 29.6 Å². The van der Waals surface area contributed by atoms with Crippen LogP contribution < -0.4 is 14.2 Å². The van der Waals surface area contributed by atoms with Crippen molar-refractivity contribution >= 4 is 22.9 Å². The molecule has 1 unspecified atom stereocenters. The van der Waals surface area contributed by atoms with Crippen molar-refractivity contribution in [3.8, 4) is 17.2 Å². The van der Waals surface area contributed by atoms with Crippen LogP contribution in [0.1, 0.15) is 15.8 Å². The average Bonchev–Trinajstić information content (AvgIpc) is 2.94. The zero-order valence-electron chi connectivity index (χ0n) is 11.0. The number of rotatable bonds is 5. The van der Waals surface area contributed by atoms with Crippen LogP contribution >= 0.6 is 22.9 Å². The quantitative estimate of drug-likeness (QED) is 0.778. The van der Waals surface area contributed by atoms with E-state index in [1.165, 1.54) is 0 Å². The Kier molecular flexibility index (Phi) is 4.56. The Morgan fingerprint density at radius 3 is 2.37 bits per heavy atom. The van der Waals surface area contributed by atoms with E-state index in [1.54, 1.807) is 32.7 Å². The average molecular weight is 299 g/mol. The molecule has 1 atom stereocenters. The van der Waals surface area contributed by atoms with E-state index in [9.17, 15) is 0 Å². The molecule has 1 aromatic carbocycles. The van der Waals surface area contributed by atoms with Crippen molar-refractivity contribution in [2.45, 2.75) is 5.38 Å². The van der Waals surface area contributed by atoms with Crippen molar-refractivity contribution in [1.82, 2.24) is 0 Å². The molecule has 0 spiro atoms. The summed E-state index contributed by atoms with van der Waals surface area (Å²) in [6.07, 6.45) is 0. The lowest BCUT2D eigenvalue weighted by atomic mass is 10.1. The Balaban J connectivity index is 2.45. The van der Waals surface area contributed by atoms with Gasteiger partial charge in [-0.15, -0.1) is 22.9 Å². The molecule has 19 heavy (non-hydrogen) atoms. The number of alkyl halides is 1. The van der Waals surface area contributed by atoms with E-state index in [-0.39, 0.29) is 5.38 Å². The largest absolute Gasteiger partial charge is 0.497 e. The fraction of sp³-hybridized carbons (Fsp3) is 0.286. The van der Waals surface area contributed by atoms with Gasteiger partial charge in [0.05, 0.1) is 26.2 Å². The first-order chi connectivity index (χ1) is 9.21. The second kappa shape index (κ2) is 6.17. The fourth-order valence-electron chi connectivity index (χ4n) is 1.84. The summed E-state index contributed by atoms with van der Waals surface area (Å²) in [6, 6.07) is 7.49. The molecule has 1 heterocycles. The Bertz CT molecular complexity index is 553. The van der Waals surface area contributed by atoms with Gasteiger partial charge < -0.3 is 14.2 Å². The normalized spacial score (nSPS) is 12.0. The predicted octanol–water partition coefficient (Wildman–Crippen LogP) is 4.10. The maximum atomic E-state index is 6.56. The molecule has 0 bridgehead atoms. The minimum atomic E-state index is -0.333. The number of thiophene rings is 1. The number of hydrogen-bond donors (Lipinski definition) is 0. The first-order valence-corrected chi connectivity index (χ1v) is 7.00. The molecule has 0 aliphatic heterocycles. The van der Waals surface area contributed by atoms with E-state index in [1.807, 2.05) is 29.6 Å². The van der Waals surface area contributed by atoms with E-state index in [0.29, 0.717) is 0 Å². The molecule has 2 aromatic rings. The van der Waals surface area contributed by atoms with Gasteiger partial charge in [0.2, 0.25) is 0 Å². The van der Waals surface area contributed by atoms with Crippen LogP contribution in [0.2, 0.25) is 0 Å². The molecule has 0 radical (unpaired) electrons. The van der Waals surface area contributed by atoms with E-state index < -0.39 is 0 Å². The molecule has 5 heteroatoms. The second-order valence-corrected chi connectivity index (χ2v) is 5.21. The van der Waals surface area contributed by atoms with E-state index >= 15 is 0 Å². The molecule has 0 saturated heterocycles. The van der Waals surface area contributed by atoms with Crippen LogP contribution in [0.5, 0.6) is 17.2 Å². The number of hydrogen-bond acceptors (Lipinski definition) is 4. The Morgan fingerprint density at radius 2 is 1.74 bits per heavy atom. The van der Waals surface area contributed by atoms with Crippen molar-refractivity contribution in [3.63, 3.8) is 0 Å². The summed E-state index contributed by atoms with van der Waals surface area (Å²) < 4.78 is 15.9. The summed E-state index contributed by atoms with van der Waals surface area (Å²) in [7, 11) is 4.89. The molecule has 0 saturated carbocycles. The highest BCUT2D eigenvalue weighted by Gasteiger charge is 2.21. The summed E-state index contributed by atoms with van der Waals surface area (Å²) in [5.74, 6) is 2.27. The summed E-state index contributed by atoms with van der Waals surface area (Å²) in [4.78, 5) is 0.954. The lowest BCUT2D eigenvalue weighted by Gasteiger charge is -2.15. The maximum absolute atomic E-state index is 6.56. The Labute approximate surface area is 121 Å². The van der Waals surface area contributed by atoms with Crippen LogP contribution in [-0.4, -0.2) is 21.3 Å². The number of methoxy groups -OCH3 is 3. The Morgan fingerprint density at radius 1 is 1.00 bits per heavy atom. The van der Waals surface area contributed by atoms with Crippen molar-refractivity contribution < 1.29 is 14.2 Å². The van der Waals surface area contributed by atoms with Crippen LogP contribution in [0.4, 0.5) is 0 Å². The predicted molar refractivity (Wildman–Crippen MR) is 78.1 cm³/mol. The first-order valence-electron chi connectivity index (χ1n) is 5.68. The van der Waals surface area contributed by atoms with Crippen molar-refractivity contribution in [3.05, 3.63) is 40.1 Å². The van der Waals surface area contributed by atoms with Gasteiger partial charge >= 0.3 is 0 Å². The second-order valence-electron chi connectivity index (χ2n) is 3.82. The van der Waals surface area contributed by atoms with Gasteiger partial charge in [0.15, 0.2) is 0 Å². The van der Waals surface area contributed by atoms with Crippen LogP contribution in [-0.2, 0) is 0 Å². The molecule has 102 valence electrons. The van der Waals surface area contributed by atoms with Crippen LogP contribution in [0, 0.1) is 0 Å². The van der Waals surface area contributed by atoms with E-state index in [0.717, 1.165) is 27.7 Å². The number of benzene rings is 1. The SMILES string of the molecule is COc1ccc(OC)c(C(Cl)c2sccc2OC)c1. The topological polar surface area (TPSA) is 27.7 Å². The summed E-state index contributed by atoms with van der Waals surface area (Å²) in [6.45, 7) is 0. The van der Waals surface area contributed by atoms with Crippen LogP contribution in [0.25, 0.3) is 0 Å². The van der Waals surface area contributed by atoms with Gasteiger partial charge in [-0.25, -0.2) is 0 Å². The third kappa shape index (κ3) is 2.80. The van der Waals surface area contributed by atoms with E-state index in [2.05, 4.69) is 0 Å². The molecular weight excluding hydrogens is 284 g/mol.